The first kappa shape index (κ1) is 21.4. The molecule has 3 aromatic heterocycles. The number of anilines is 3. The number of carbonyl (C=O) groups is 1. The molecule has 0 spiro atoms. The van der Waals surface area contributed by atoms with Crippen LogP contribution in [0.1, 0.15) is 40.6 Å². The van der Waals surface area contributed by atoms with Crippen molar-refractivity contribution in [3.8, 4) is 0 Å². The van der Waals surface area contributed by atoms with Crippen LogP contribution in [0.3, 0.4) is 0 Å². The molecule has 0 radical (unpaired) electrons. The Hall–Kier alpha value is -2.84. The largest absolute Gasteiger partial charge is 0.340 e. The molecule has 31 heavy (non-hydrogen) atoms. The van der Waals surface area contributed by atoms with E-state index in [2.05, 4.69) is 31.6 Å². The van der Waals surface area contributed by atoms with E-state index in [9.17, 15) is 4.79 Å². The number of aromatic nitrogens is 3. The average molecular weight is 437 g/mol. The smallest absolute Gasteiger partial charge is 0.240 e. The number of hydrogen-bond donors (Lipinski definition) is 2. The molecular weight excluding hydrogens is 408 g/mol. The number of likely N-dealkylation sites (tertiary alicyclic amines) is 1. The molecule has 0 bridgehead atoms. The highest BCUT2D eigenvalue weighted by atomic mass is 32.1. The van der Waals surface area contributed by atoms with Gasteiger partial charge in [0.05, 0.1) is 6.54 Å². The zero-order valence-electron chi connectivity index (χ0n) is 18.2. The number of aryl methyl sites for hydroxylation is 3. The van der Waals surface area contributed by atoms with Gasteiger partial charge >= 0.3 is 0 Å². The highest BCUT2D eigenvalue weighted by Crippen LogP contribution is 2.29. The van der Waals surface area contributed by atoms with Crippen molar-refractivity contribution in [3.63, 3.8) is 0 Å². The van der Waals surface area contributed by atoms with E-state index < -0.39 is 0 Å². The Bertz CT molecular complexity index is 1070. The average Bonchev–Trinajstić information content (AvgIpc) is 3.14. The minimum atomic E-state index is -0.0137. The number of pyridine rings is 2. The number of nitrogens with one attached hydrogen (secondary N) is 2. The molecule has 1 aliphatic rings. The van der Waals surface area contributed by atoms with E-state index in [0.29, 0.717) is 17.6 Å². The first-order chi connectivity index (χ1) is 15.0. The monoisotopic (exact) mass is 436 g/mol. The Kier molecular flexibility index (Phi) is 6.58. The lowest BCUT2D eigenvalue weighted by atomic mass is 9.93. The number of rotatable bonds is 6. The van der Waals surface area contributed by atoms with Crippen LogP contribution in [0, 0.1) is 20.8 Å². The Morgan fingerprint density at radius 1 is 1.26 bits per heavy atom. The summed E-state index contributed by atoms with van der Waals surface area (Å²) in [6.45, 7) is 8.16. The zero-order valence-corrected chi connectivity index (χ0v) is 19.0. The van der Waals surface area contributed by atoms with Gasteiger partial charge in [0.1, 0.15) is 5.82 Å². The first-order valence-electron chi connectivity index (χ1n) is 10.6. The minimum absolute atomic E-state index is 0.0137. The van der Waals surface area contributed by atoms with E-state index in [1.165, 1.54) is 11.3 Å². The highest BCUT2D eigenvalue weighted by molar-refractivity contribution is 7.15. The summed E-state index contributed by atoms with van der Waals surface area (Å²) in [6, 6.07) is 8.14. The molecule has 0 saturated carbocycles. The molecule has 0 aromatic carbocycles. The van der Waals surface area contributed by atoms with Gasteiger partial charge in [-0.15, -0.1) is 11.3 Å². The lowest BCUT2D eigenvalue weighted by Gasteiger charge is -2.32. The number of carbonyl (C=O) groups excluding carboxylic acids is 1. The summed E-state index contributed by atoms with van der Waals surface area (Å²) in [5.41, 5.74) is 4.14. The van der Waals surface area contributed by atoms with Crippen LogP contribution in [-0.4, -0.2) is 45.4 Å². The molecular formula is C23H28N6OS. The number of amides is 1. The lowest BCUT2D eigenvalue weighted by molar-refractivity contribution is -0.117. The lowest BCUT2D eigenvalue weighted by Crippen LogP contribution is -2.40. The normalized spacial score (nSPS) is 16.8. The summed E-state index contributed by atoms with van der Waals surface area (Å²) in [5.74, 6) is 1.15. The Balaban J connectivity index is 1.42. The quantitative estimate of drug-likeness (QED) is 0.595. The molecule has 8 heteroatoms. The fourth-order valence-corrected chi connectivity index (χ4v) is 4.62. The third-order valence-electron chi connectivity index (χ3n) is 5.40. The van der Waals surface area contributed by atoms with Gasteiger partial charge in [-0.05, 0) is 63.9 Å². The Morgan fingerprint density at radius 3 is 2.90 bits per heavy atom. The van der Waals surface area contributed by atoms with Gasteiger partial charge in [0, 0.05) is 46.8 Å². The molecule has 1 fully saturated rings. The van der Waals surface area contributed by atoms with E-state index in [-0.39, 0.29) is 5.91 Å². The summed E-state index contributed by atoms with van der Waals surface area (Å²) < 4.78 is 0. The van der Waals surface area contributed by atoms with Crippen LogP contribution >= 0.6 is 11.3 Å². The molecule has 0 unspecified atom stereocenters. The van der Waals surface area contributed by atoms with Crippen LogP contribution in [0.2, 0.25) is 0 Å². The fraction of sp³-hybridized carbons (Fsp3) is 0.391. The van der Waals surface area contributed by atoms with Crippen LogP contribution in [-0.2, 0) is 4.79 Å². The second-order valence-corrected chi connectivity index (χ2v) is 9.35. The maximum absolute atomic E-state index is 12.5. The predicted molar refractivity (Wildman–Crippen MR) is 125 cm³/mol. The molecule has 1 aliphatic heterocycles. The Morgan fingerprint density at radius 2 is 2.13 bits per heavy atom. The number of piperidine rings is 1. The standard InChI is InChI=1S/C23H28N6OS/c1-15-6-4-8-24-22(15)27-19-10-16(2)26-20(11-19)18-7-5-9-29(13-18)14-21(30)28-23-25-12-17(3)31-23/h4,6,8,10-12,18H,5,7,9,13-14H2,1-3H3,(H,24,26,27)(H,25,28,30)/t18-/m1/s1. The van der Waals surface area contributed by atoms with Gasteiger partial charge in [-0.25, -0.2) is 9.97 Å². The van der Waals surface area contributed by atoms with Crippen molar-refractivity contribution in [1.82, 2.24) is 19.9 Å². The van der Waals surface area contributed by atoms with Crippen LogP contribution in [0.25, 0.3) is 0 Å². The molecule has 4 rings (SSSR count). The molecule has 1 saturated heterocycles. The fourth-order valence-electron chi connectivity index (χ4n) is 3.94. The van der Waals surface area contributed by atoms with Crippen LogP contribution < -0.4 is 10.6 Å². The molecule has 2 N–H and O–H groups in total. The summed E-state index contributed by atoms with van der Waals surface area (Å²) in [4.78, 5) is 29.2. The van der Waals surface area contributed by atoms with Crippen LogP contribution in [0.5, 0.6) is 0 Å². The van der Waals surface area contributed by atoms with Crippen molar-refractivity contribution in [3.05, 3.63) is 58.5 Å². The minimum Gasteiger partial charge on any atom is -0.340 e. The molecule has 7 nitrogen and oxygen atoms in total. The van der Waals surface area contributed by atoms with Crippen molar-refractivity contribution < 1.29 is 4.79 Å². The molecule has 1 amide bonds. The van der Waals surface area contributed by atoms with Crippen molar-refractivity contribution in [2.75, 3.05) is 30.3 Å². The zero-order chi connectivity index (χ0) is 21.8. The van der Waals surface area contributed by atoms with E-state index in [4.69, 9.17) is 4.98 Å². The van der Waals surface area contributed by atoms with Gasteiger partial charge in [0.25, 0.3) is 0 Å². The van der Waals surface area contributed by atoms with Crippen molar-refractivity contribution in [2.45, 2.75) is 39.5 Å². The van der Waals surface area contributed by atoms with E-state index >= 15 is 0 Å². The van der Waals surface area contributed by atoms with Gasteiger partial charge in [-0.3, -0.25) is 14.7 Å². The summed E-state index contributed by atoms with van der Waals surface area (Å²) in [7, 11) is 0. The Labute approximate surface area is 187 Å². The van der Waals surface area contributed by atoms with E-state index in [1.54, 1.807) is 12.4 Å². The SMILES string of the molecule is Cc1cc(Nc2ncccc2C)cc([C@@H]2CCCN(CC(=O)Nc3ncc(C)s3)C2)n1. The third kappa shape index (κ3) is 5.65. The maximum Gasteiger partial charge on any atom is 0.240 e. The highest BCUT2D eigenvalue weighted by Gasteiger charge is 2.24. The third-order valence-corrected chi connectivity index (χ3v) is 6.23. The van der Waals surface area contributed by atoms with Crippen LogP contribution in [0.15, 0.2) is 36.7 Å². The molecule has 4 heterocycles. The van der Waals surface area contributed by atoms with Gasteiger partial charge in [-0.2, -0.15) is 0 Å². The molecule has 1 atom stereocenters. The molecule has 0 aliphatic carbocycles. The maximum atomic E-state index is 12.5. The van der Waals surface area contributed by atoms with Crippen molar-refractivity contribution in [1.29, 1.82) is 0 Å². The number of hydrogen-bond acceptors (Lipinski definition) is 7. The molecule has 162 valence electrons. The summed E-state index contributed by atoms with van der Waals surface area (Å²) >= 11 is 1.50. The van der Waals surface area contributed by atoms with Crippen molar-refractivity contribution >= 4 is 33.9 Å². The molecule has 3 aromatic rings. The number of nitrogens with zero attached hydrogens (tertiary/aromatic N) is 4. The predicted octanol–water partition coefficient (Wildman–Crippen LogP) is 4.42. The number of thiazole rings is 1. The second kappa shape index (κ2) is 9.53. The van der Waals surface area contributed by atoms with Gasteiger partial charge < -0.3 is 10.6 Å². The van der Waals surface area contributed by atoms with E-state index in [0.717, 1.165) is 59.3 Å². The van der Waals surface area contributed by atoms with Gasteiger partial charge in [0.2, 0.25) is 5.91 Å². The van der Waals surface area contributed by atoms with E-state index in [1.807, 2.05) is 39.0 Å². The topological polar surface area (TPSA) is 83.0 Å². The van der Waals surface area contributed by atoms with Gasteiger partial charge in [-0.1, -0.05) is 6.07 Å². The van der Waals surface area contributed by atoms with Gasteiger partial charge in [0.15, 0.2) is 5.13 Å². The second-order valence-electron chi connectivity index (χ2n) is 8.11. The summed E-state index contributed by atoms with van der Waals surface area (Å²) in [5, 5.41) is 7.00. The first-order valence-corrected chi connectivity index (χ1v) is 11.4. The summed E-state index contributed by atoms with van der Waals surface area (Å²) in [6.07, 6.45) is 5.69. The van der Waals surface area contributed by atoms with Crippen molar-refractivity contribution in [2.24, 2.45) is 0 Å². The van der Waals surface area contributed by atoms with Crippen LogP contribution in [0.4, 0.5) is 16.6 Å².